The van der Waals surface area contributed by atoms with Gasteiger partial charge >= 0.3 is 0 Å². The number of hydrogen-bond donors (Lipinski definition) is 6. The van der Waals surface area contributed by atoms with Crippen LogP contribution in [0.15, 0.2) is 42.5 Å². The molecular weight excluding hydrogens is 450 g/mol. The minimum Gasteiger partial charge on any atom is -0.508 e. The van der Waals surface area contributed by atoms with E-state index in [1.807, 2.05) is 24.3 Å². The summed E-state index contributed by atoms with van der Waals surface area (Å²) in [6.45, 7) is 2.01. The standard InChI is InChI=1S/C26H23N3O6/c1-10-22(31)23(32)24(33)26(35-10)29-16-7-6-11(30)8-13(16)18-19-14(9-27-25(19)34)17-12-4-2-3-5-15(12)28-20(17)21(18)29/h2-8,10,22-24,26,28,30-33H,9H2,1H3,(H,27,34)/t10-,22-,23+,24+,26+/m0/s1. The quantitative estimate of drug-likeness (QED) is 0.221. The highest BCUT2D eigenvalue weighted by atomic mass is 16.5. The van der Waals surface area contributed by atoms with Crippen LogP contribution >= 0.6 is 0 Å². The summed E-state index contributed by atoms with van der Waals surface area (Å²) >= 11 is 0. The van der Waals surface area contributed by atoms with Gasteiger partial charge in [0.25, 0.3) is 5.91 Å². The maximum atomic E-state index is 13.2. The summed E-state index contributed by atoms with van der Waals surface area (Å²) < 4.78 is 7.84. The van der Waals surface area contributed by atoms with Crippen LogP contribution in [0.3, 0.4) is 0 Å². The first-order valence-electron chi connectivity index (χ1n) is 11.6. The normalized spacial score (nSPS) is 26.7. The van der Waals surface area contributed by atoms with E-state index in [0.717, 1.165) is 27.4 Å². The van der Waals surface area contributed by atoms with E-state index < -0.39 is 30.6 Å². The molecule has 6 N–H and O–H groups in total. The largest absolute Gasteiger partial charge is 0.508 e. The molecule has 5 atom stereocenters. The van der Waals surface area contributed by atoms with Gasteiger partial charge in [0.05, 0.1) is 28.2 Å². The number of rotatable bonds is 1. The van der Waals surface area contributed by atoms with Crippen molar-refractivity contribution in [2.75, 3.05) is 0 Å². The highest BCUT2D eigenvalue weighted by molar-refractivity contribution is 6.30. The number of aromatic hydroxyl groups is 1. The third-order valence-electron chi connectivity index (χ3n) is 7.52. The molecule has 1 saturated heterocycles. The summed E-state index contributed by atoms with van der Waals surface area (Å²) in [5.74, 6) is -0.178. The summed E-state index contributed by atoms with van der Waals surface area (Å²) in [6, 6.07) is 12.7. The lowest BCUT2D eigenvalue weighted by Gasteiger charge is -2.40. The van der Waals surface area contributed by atoms with Crippen molar-refractivity contribution in [3.05, 3.63) is 53.6 Å². The molecule has 0 unspecified atom stereocenters. The van der Waals surface area contributed by atoms with E-state index in [9.17, 15) is 25.2 Å². The van der Waals surface area contributed by atoms with E-state index in [0.29, 0.717) is 33.9 Å². The number of H-pyrrole nitrogens is 1. The van der Waals surface area contributed by atoms with Crippen molar-refractivity contribution in [1.29, 1.82) is 0 Å². The van der Waals surface area contributed by atoms with Crippen LogP contribution in [0, 0.1) is 0 Å². The Morgan fingerprint density at radius 2 is 1.80 bits per heavy atom. The molecule has 5 aromatic rings. The molecule has 0 spiro atoms. The van der Waals surface area contributed by atoms with E-state index in [2.05, 4.69) is 10.3 Å². The first kappa shape index (κ1) is 20.7. The Kier molecular flexibility index (Phi) is 4.12. The number of aliphatic hydroxyl groups is 3. The molecule has 0 bridgehead atoms. The van der Waals surface area contributed by atoms with E-state index >= 15 is 0 Å². The number of hydrogen-bond acceptors (Lipinski definition) is 6. The Balaban J connectivity index is 1.71. The number of ether oxygens (including phenoxy) is 1. The zero-order valence-corrected chi connectivity index (χ0v) is 18.7. The first-order valence-corrected chi connectivity index (χ1v) is 11.6. The molecule has 0 radical (unpaired) electrons. The van der Waals surface area contributed by atoms with E-state index in [-0.39, 0.29) is 11.7 Å². The Hall–Kier alpha value is -3.63. The number of phenolic OH excluding ortho intramolecular Hbond substituents is 1. The van der Waals surface area contributed by atoms with Gasteiger partial charge in [-0.05, 0) is 36.8 Å². The van der Waals surface area contributed by atoms with Crippen LogP contribution in [0.4, 0.5) is 0 Å². The summed E-state index contributed by atoms with van der Waals surface area (Å²) in [5.41, 5.74) is 4.27. The van der Waals surface area contributed by atoms with Gasteiger partial charge in [0.2, 0.25) is 0 Å². The highest BCUT2D eigenvalue weighted by Gasteiger charge is 2.44. The van der Waals surface area contributed by atoms with Crippen LogP contribution in [-0.4, -0.2) is 60.3 Å². The average Bonchev–Trinajstić information content (AvgIpc) is 3.51. The lowest BCUT2D eigenvalue weighted by molar-refractivity contribution is -0.238. The molecule has 1 amide bonds. The number of benzene rings is 3. The third kappa shape index (κ3) is 2.58. The van der Waals surface area contributed by atoms with Crippen LogP contribution in [0.1, 0.15) is 29.1 Å². The zero-order chi connectivity index (χ0) is 24.2. The molecule has 9 heteroatoms. The number of carbonyl (C=O) groups excluding carboxylic acids is 1. The van der Waals surface area contributed by atoms with Gasteiger partial charge in [-0.25, -0.2) is 0 Å². The number of aromatic amines is 1. The number of phenols is 1. The van der Waals surface area contributed by atoms with Gasteiger partial charge in [-0.15, -0.1) is 0 Å². The molecule has 9 nitrogen and oxygen atoms in total. The first-order chi connectivity index (χ1) is 16.9. The molecule has 2 aromatic heterocycles. The average molecular weight is 473 g/mol. The second-order valence-corrected chi connectivity index (χ2v) is 9.46. The molecule has 2 aliphatic rings. The van der Waals surface area contributed by atoms with E-state index in [1.165, 1.54) is 6.07 Å². The number of amides is 1. The van der Waals surface area contributed by atoms with E-state index in [1.54, 1.807) is 23.6 Å². The smallest absolute Gasteiger partial charge is 0.252 e. The van der Waals surface area contributed by atoms with Gasteiger partial charge in [-0.2, -0.15) is 0 Å². The predicted molar refractivity (Wildman–Crippen MR) is 129 cm³/mol. The SMILES string of the molecule is C[C@@H]1O[C@@H](n2c3ccc(O)cc3c3c4c(c5c6ccccc6[nH]c5c32)CNC4=O)[C@H](O)[C@H](O)[C@H]1O. The van der Waals surface area contributed by atoms with Gasteiger partial charge in [0.1, 0.15) is 24.1 Å². The van der Waals surface area contributed by atoms with Crippen LogP contribution in [0.25, 0.3) is 43.6 Å². The Labute approximate surface area is 198 Å². The van der Waals surface area contributed by atoms with Crippen molar-refractivity contribution in [2.24, 2.45) is 0 Å². The number of nitrogens with one attached hydrogen (secondary N) is 2. The summed E-state index contributed by atoms with van der Waals surface area (Å²) in [4.78, 5) is 16.7. The molecule has 0 saturated carbocycles. The Morgan fingerprint density at radius 3 is 2.63 bits per heavy atom. The fourth-order valence-corrected chi connectivity index (χ4v) is 5.90. The maximum absolute atomic E-state index is 13.2. The molecular formula is C26H23N3O6. The molecule has 4 heterocycles. The molecule has 35 heavy (non-hydrogen) atoms. The highest BCUT2D eigenvalue weighted by Crippen LogP contribution is 2.46. The van der Waals surface area contributed by atoms with Gasteiger partial charge < -0.3 is 40.0 Å². The minimum atomic E-state index is -1.43. The van der Waals surface area contributed by atoms with Crippen LogP contribution in [0.5, 0.6) is 5.75 Å². The van der Waals surface area contributed by atoms with Crippen LogP contribution in [-0.2, 0) is 11.3 Å². The van der Waals surface area contributed by atoms with Crippen molar-refractivity contribution < 1.29 is 30.0 Å². The number of nitrogens with zero attached hydrogens (tertiary/aromatic N) is 1. The monoisotopic (exact) mass is 473 g/mol. The number of carbonyl (C=O) groups is 1. The van der Waals surface area contributed by atoms with Crippen LogP contribution in [0.2, 0.25) is 0 Å². The van der Waals surface area contributed by atoms with Crippen LogP contribution < -0.4 is 5.32 Å². The number of aliphatic hydroxyl groups excluding tert-OH is 3. The lowest BCUT2D eigenvalue weighted by atomic mass is 9.96. The molecule has 0 aliphatic carbocycles. The van der Waals surface area contributed by atoms with Crippen molar-refractivity contribution in [1.82, 2.24) is 14.9 Å². The second kappa shape index (κ2) is 6.96. The minimum absolute atomic E-state index is 0.0365. The summed E-state index contributed by atoms with van der Waals surface area (Å²) in [5, 5.41) is 48.3. The number of para-hydroxylation sites is 1. The van der Waals surface area contributed by atoms with Gasteiger partial charge in [-0.1, -0.05) is 18.2 Å². The fraction of sp³-hybridized carbons (Fsp3) is 0.269. The van der Waals surface area contributed by atoms with Gasteiger partial charge in [0, 0.05) is 33.6 Å². The Morgan fingerprint density at radius 1 is 1.00 bits per heavy atom. The topological polar surface area (TPSA) is 140 Å². The van der Waals surface area contributed by atoms with Crippen molar-refractivity contribution in [2.45, 2.75) is 44.1 Å². The molecule has 2 aliphatic heterocycles. The van der Waals surface area contributed by atoms with Gasteiger partial charge in [0.15, 0.2) is 6.23 Å². The fourth-order valence-electron chi connectivity index (χ4n) is 5.90. The molecule has 7 rings (SSSR count). The Bertz CT molecular complexity index is 1700. The van der Waals surface area contributed by atoms with Gasteiger partial charge in [-0.3, -0.25) is 4.79 Å². The van der Waals surface area contributed by atoms with Crippen molar-refractivity contribution >= 4 is 49.5 Å². The number of fused-ring (bicyclic) bond motifs is 10. The van der Waals surface area contributed by atoms with E-state index in [4.69, 9.17) is 4.74 Å². The predicted octanol–water partition coefficient (Wildman–Crippen LogP) is 2.38. The lowest BCUT2D eigenvalue weighted by Crippen LogP contribution is -2.54. The number of aromatic nitrogens is 2. The molecule has 1 fully saturated rings. The molecule has 3 aromatic carbocycles. The van der Waals surface area contributed by atoms with Crippen molar-refractivity contribution in [3.8, 4) is 5.75 Å². The second-order valence-electron chi connectivity index (χ2n) is 9.46. The third-order valence-corrected chi connectivity index (χ3v) is 7.52. The van der Waals surface area contributed by atoms with Crippen molar-refractivity contribution in [3.63, 3.8) is 0 Å². The summed E-state index contributed by atoms with van der Waals surface area (Å²) in [7, 11) is 0. The maximum Gasteiger partial charge on any atom is 0.252 e. The zero-order valence-electron chi connectivity index (χ0n) is 18.7. The summed E-state index contributed by atoms with van der Waals surface area (Å²) in [6.07, 6.45) is -5.91. The molecule has 178 valence electrons.